The normalized spacial score (nSPS) is 11.9. The van der Waals surface area contributed by atoms with Crippen molar-refractivity contribution < 1.29 is 9.53 Å². The van der Waals surface area contributed by atoms with Crippen molar-refractivity contribution >= 4 is 35.0 Å². The number of ether oxygens (including phenoxy) is 1. The number of aromatic nitrogens is 3. The summed E-state index contributed by atoms with van der Waals surface area (Å²) in [7, 11) is 1.86. The van der Waals surface area contributed by atoms with Gasteiger partial charge in [-0.2, -0.15) is 0 Å². The molecular weight excluding hydrogens is 396 g/mol. The van der Waals surface area contributed by atoms with Crippen molar-refractivity contribution in [3.8, 4) is 17.1 Å². The number of carbonyl (C=O) groups is 1. The van der Waals surface area contributed by atoms with Gasteiger partial charge in [0, 0.05) is 12.6 Å². The molecule has 2 aromatic carbocycles. The van der Waals surface area contributed by atoms with E-state index in [4.69, 9.17) is 16.3 Å². The van der Waals surface area contributed by atoms with Crippen molar-refractivity contribution in [2.75, 3.05) is 11.9 Å². The minimum Gasteiger partial charge on any atom is -0.492 e. The first-order valence-corrected chi connectivity index (χ1v) is 10.1. The Hall–Kier alpha value is -2.51. The van der Waals surface area contributed by atoms with E-state index >= 15 is 0 Å². The maximum atomic E-state index is 12.6. The summed E-state index contributed by atoms with van der Waals surface area (Å²) in [6.45, 7) is 4.26. The molecule has 3 aromatic rings. The van der Waals surface area contributed by atoms with E-state index in [9.17, 15) is 4.79 Å². The molecular formula is C20H21ClN4O2S. The van der Waals surface area contributed by atoms with Gasteiger partial charge in [0.2, 0.25) is 5.91 Å². The van der Waals surface area contributed by atoms with E-state index in [1.807, 2.05) is 74.0 Å². The number of para-hydroxylation sites is 2. The number of anilines is 1. The van der Waals surface area contributed by atoms with Crippen molar-refractivity contribution in [3.05, 3.63) is 53.6 Å². The van der Waals surface area contributed by atoms with Gasteiger partial charge < -0.3 is 14.6 Å². The average Bonchev–Trinajstić information content (AvgIpc) is 3.04. The highest BCUT2D eigenvalue weighted by molar-refractivity contribution is 8.00. The Morgan fingerprint density at radius 2 is 1.93 bits per heavy atom. The molecule has 0 saturated carbocycles. The minimum atomic E-state index is -0.378. The van der Waals surface area contributed by atoms with Crippen LogP contribution < -0.4 is 10.1 Å². The molecule has 0 spiro atoms. The largest absolute Gasteiger partial charge is 0.492 e. The minimum absolute atomic E-state index is 0.139. The van der Waals surface area contributed by atoms with Gasteiger partial charge in [0.1, 0.15) is 5.75 Å². The fourth-order valence-corrected chi connectivity index (χ4v) is 3.63. The molecule has 6 nitrogen and oxygen atoms in total. The maximum absolute atomic E-state index is 12.6. The molecule has 28 heavy (non-hydrogen) atoms. The lowest BCUT2D eigenvalue weighted by Gasteiger charge is -2.14. The van der Waals surface area contributed by atoms with Crippen molar-refractivity contribution in [2.24, 2.45) is 7.05 Å². The Kier molecular flexibility index (Phi) is 6.59. The van der Waals surface area contributed by atoms with Crippen molar-refractivity contribution in [1.29, 1.82) is 0 Å². The molecule has 0 aliphatic rings. The van der Waals surface area contributed by atoms with Crippen molar-refractivity contribution in [1.82, 2.24) is 14.8 Å². The Balaban J connectivity index is 1.72. The first kappa shape index (κ1) is 20.2. The van der Waals surface area contributed by atoms with Gasteiger partial charge in [-0.15, -0.1) is 10.2 Å². The zero-order valence-electron chi connectivity index (χ0n) is 15.8. The van der Waals surface area contributed by atoms with Crippen molar-refractivity contribution in [3.63, 3.8) is 0 Å². The van der Waals surface area contributed by atoms with Crippen molar-refractivity contribution in [2.45, 2.75) is 24.3 Å². The number of nitrogens with one attached hydrogen (secondary N) is 1. The number of benzene rings is 2. The maximum Gasteiger partial charge on any atom is 0.237 e. The number of hydrogen-bond donors (Lipinski definition) is 1. The number of thioether (sulfide) groups is 1. The number of amides is 1. The van der Waals surface area contributed by atoms with E-state index in [1.54, 1.807) is 0 Å². The van der Waals surface area contributed by atoms with Crippen LogP contribution in [0, 0.1) is 0 Å². The van der Waals surface area contributed by atoms with Crippen LogP contribution in [0.25, 0.3) is 11.4 Å². The summed E-state index contributed by atoms with van der Waals surface area (Å²) in [5.74, 6) is 1.16. The predicted molar refractivity (Wildman–Crippen MR) is 113 cm³/mol. The first-order valence-electron chi connectivity index (χ1n) is 8.85. The third-order valence-electron chi connectivity index (χ3n) is 4.05. The predicted octanol–water partition coefficient (Wildman–Crippen LogP) is 4.65. The lowest BCUT2D eigenvalue weighted by atomic mass is 10.2. The number of halogens is 1. The van der Waals surface area contributed by atoms with E-state index in [2.05, 4.69) is 15.5 Å². The van der Waals surface area contributed by atoms with Gasteiger partial charge in [0.05, 0.1) is 22.6 Å². The second-order valence-corrected chi connectivity index (χ2v) is 7.74. The summed E-state index contributed by atoms with van der Waals surface area (Å²) >= 11 is 7.59. The Morgan fingerprint density at radius 3 is 2.68 bits per heavy atom. The smallest absolute Gasteiger partial charge is 0.237 e. The molecule has 1 atom stereocenters. The lowest BCUT2D eigenvalue weighted by molar-refractivity contribution is -0.115. The zero-order valence-corrected chi connectivity index (χ0v) is 17.4. The van der Waals surface area contributed by atoms with Crippen LogP contribution in [0.15, 0.2) is 53.7 Å². The molecule has 8 heteroatoms. The third-order valence-corrected chi connectivity index (χ3v) is 5.51. The van der Waals surface area contributed by atoms with Crippen LogP contribution in [0.5, 0.6) is 5.75 Å². The van der Waals surface area contributed by atoms with Crippen LogP contribution in [-0.4, -0.2) is 32.5 Å². The number of hydrogen-bond acceptors (Lipinski definition) is 5. The van der Waals surface area contributed by atoms with E-state index < -0.39 is 0 Å². The SMILES string of the molecule is CCOc1ccccc1NC(=O)[C@H](C)Sc1nnc(-c2ccccc2Cl)n1C. The molecule has 1 amide bonds. The molecule has 0 aliphatic heterocycles. The van der Waals surface area contributed by atoms with Gasteiger partial charge in [0.25, 0.3) is 0 Å². The number of rotatable bonds is 7. The molecule has 0 aliphatic carbocycles. The van der Waals surface area contributed by atoms with Crippen LogP contribution in [-0.2, 0) is 11.8 Å². The Labute approximate surface area is 173 Å². The molecule has 1 N–H and O–H groups in total. The lowest BCUT2D eigenvalue weighted by Crippen LogP contribution is -2.23. The molecule has 0 radical (unpaired) electrons. The highest BCUT2D eigenvalue weighted by Crippen LogP contribution is 2.30. The molecule has 3 rings (SSSR count). The standard InChI is InChI=1S/C20H21ClN4O2S/c1-4-27-17-12-8-7-11-16(17)22-19(26)13(2)28-20-24-23-18(25(20)3)14-9-5-6-10-15(14)21/h5-13H,4H2,1-3H3,(H,22,26)/t13-/m0/s1. The Bertz CT molecular complexity index is 976. The van der Waals surface area contributed by atoms with Crippen LogP contribution >= 0.6 is 23.4 Å². The molecule has 0 fully saturated rings. The highest BCUT2D eigenvalue weighted by atomic mass is 35.5. The quantitative estimate of drug-likeness (QED) is 0.567. The second kappa shape index (κ2) is 9.12. The van der Waals surface area contributed by atoms with Crippen LogP contribution in [0.1, 0.15) is 13.8 Å². The van der Waals surface area contributed by atoms with Gasteiger partial charge in [-0.05, 0) is 38.1 Å². The Morgan fingerprint density at radius 1 is 1.21 bits per heavy atom. The number of nitrogens with zero attached hydrogens (tertiary/aromatic N) is 3. The first-order chi connectivity index (χ1) is 13.5. The summed E-state index contributed by atoms with van der Waals surface area (Å²) in [5.41, 5.74) is 1.45. The molecule has 146 valence electrons. The van der Waals surface area contributed by atoms with Crippen LogP contribution in [0.4, 0.5) is 5.69 Å². The van der Waals surface area contributed by atoms with E-state index in [-0.39, 0.29) is 11.2 Å². The van der Waals surface area contributed by atoms with E-state index in [0.29, 0.717) is 34.0 Å². The monoisotopic (exact) mass is 416 g/mol. The summed E-state index contributed by atoms with van der Waals surface area (Å²) in [4.78, 5) is 12.6. The average molecular weight is 417 g/mol. The molecule has 0 saturated heterocycles. The summed E-state index contributed by atoms with van der Waals surface area (Å²) in [5, 5.41) is 12.2. The molecule has 1 heterocycles. The number of carbonyl (C=O) groups excluding carboxylic acids is 1. The topological polar surface area (TPSA) is 69.0 Å². The van der Waals surface area contributed by atoms with Gasteiger partial charge >= 0.3 is 0 Å². The third kappa shape index (κ3) is 4.48. The van der Waals surface area contributed by atoms with Gasteiger partial charge in [-0.3, -0.25) is 4.79 Å². The highest BCUT2D eigenvalue weighted by Gasteiger charge is 2.21. The fraction of sp³-hybridized carbons (Fsp3) is 0.250. The zero-order chi connectivity index (χ0) is 20.1. The van der Waals surface area contributed by atoms with Gasteiger partial charge in [0.15, 0.2) is 11.0 Å². The molecule has 1 aromatic heterocycles. The van der Waals surface area contributed by atoms with Crippen LogP contribution in [0.2, 0.25) is 5.02 Å². The summed E-state index contributed by atoms with van der Waals surface area (Å²) in [6, 6.07) is 14.8. The molecule has 0 bridgehead atoms. The van der Waals surface area contributed by atoms with Gasteiger partial charge in [-0.25, -0.2) is 0 Å². The van der Waals surface area contributed by atoms with E-state index in [1.165, 1.54) is 11.8 Å². The summed E-state index contributed by atoms with van der Waals surface area (Å²) < 4.78 is 7.40. The summed E-state index contributed by atoms with van der Waals surface area (Å²) in [6.07, 6.45) is 0. The fourth-order valence-electron chi connectivity index (χ4n) is 2.59. The second-order valence-electron chi connectivity index (χ2n) is 6.02. The van der Waals surface area contributed by atoms with Crippen LogP contribution in [0.3, 0.4) is 0 Å². The van der Waals surface area contributed by atoms with Gasteiger partial charge in [-0.1, -0.05) is 47.6 Å². The van der Waals surface area contributed by atoms with E-state index in [0.717, 1.165) is 5.56 Å². The molecule has 0 unspecified atom stereocenters.